The van der Waals surface area contributed by atoms with Crippen molar-refractivity contribution < 1.29 is 13.5 Å². The third-order valence-electron chi connectivity index (χ3n) is 1.55. The van der Waals surface area contributed by atoms with Gasteiger partial charge in [0.1, 0.15) is 0 Å². The van der Waals surface area contributed by atoms with E-state index < -0.39 is 15.3 Å². The zero-order valence-electron chi connectivity index (χ0n) is 7.74. The monoisotopic (exact) mass is 195 g/mol. The van der Waals surface area contributed by atoms with Crippen LogP contribution in [0.15, 0.2) is 0 Å². The predicted molar refractivity (Wildman–Crippen MR) is 48.4 cm³/mol. The summed E-state index contributed by atoms with van der Waals surface area (Å²) >= 11 is 0. The van der Waals surface area contributed by atoms with E-state index in [9.17, 15) is 8.42 Å². The molecule has 0 radical (unpaired) electrons. The van der Waals surface area contributed by atoms with Gasteiger partial charge in [0, 0.05) is 12.6 Å². The number of hydrogen-bond donors (Lipinski definition) is 2. The van der Waals surface area contributed by atoms with Gasteiger partial charge in [0.25, 0.3) is 0 Å². The van der Waals surface area contributed by atoms with Gasteiger partial charge in [0.15, 0.2) is 0 Å². The van der Waals surface area contributed by atoms with Gasteiger partial charge in [0.05, 0.1) is 5.25 Å². The first-order chi connectivity index (χ1) is 5.40. The van der Waals surface area contributed by atoms with E-state index in [1.54, 1.807) is 20.8 Å². The fourth-order valence-electron chi connectivity index (χ4n) is 0.669. The molecule has 0 aromatic carbocycles. The van der Waals surface area contributed by atoms with Crippen LogP contribution < -0.4 is 4.72 Å². The molecule has 0 aliphatic carbocycles. The van der Waals surface area contributed by atoms with Crippen molar-refractivity contribution in [2.24, 2.45) is 0 Å². The summed E-state index contributed by atoms with van der Waals surface area (Å²) in [5, 5.41) is 8.12. The molecule has 0 aromatic heterocycles. The van der Waals surface area contributed by atoms with Crippen LogP contribution in [-0.4, -0.2) is 31.4 Å². The standard InChI is InChI=1S/C7H17NO3S/c1-6(2)12(10,11)8-7(3)4-5-9/h6-9H,4-5H2,1-3H3. The molecule has 1 atom stereocenters. The van der Waals surface area contributed by atoms with Crippen molar-refractivity contribution in [3.63, 3.8) is 0 Å². The molecule has 5 heteroatoms. The van der Waals surface area contributed by atoms with E-state index in [-0.39, 0.29) is 12.6 Å². The molecule has 12 heavy (non-hydrogen) atoms. The molecule has 0 heterocycles. The van der Waals surface area contributed by atoms with Crippen molar-refractivity contribution in [3.05, 3.63) is 0 Å². The number of aliphatic hydroxyl groups is 1. The van der Waals surface area contributed by atoms with Gasteiger partial charge in [-0.25, -0.2) is 13.1 Å². The van der Waals surface area contributed by atoms with E-state index >= 15 is 0 Å². The Hall–Kier alpha value is -0.130. The molecule has 0 fully saturated rings. The number of nitrogens with one attached hydrogen (secondary N) is 1. The summed E-state index contributed by atoms with van der Waals surface area (Å²) < 4.78 is 24.9. The van der Waals surface area contributed by atoms with Crippen LogP contribution in [0.25, 0.3) is 0 Å². The summed E-state index contributed by atoms with van der Waals surface area (Å²) in [7, 11) is -3.18. The minimum atomic E-state index is -3.18. The second-order valence-electron chi connectivity index (χ2n) is 3.12. The summed E-state index contributed by atoms with van der Waals surface area (Å²) in [5.74, 6) is 0. The first-order valence-electron chi connectivity index (χ1n) is 4.02. The molecule has 4 nitrogen and oxygen atoms in total. The van der Waals surface area contributed by atoms with Gasteiger partial charge in [-0.1, -0.05) is 0 Å². The first kappa shape index (κ1) is 11.9. The lowest BCUT2D eigenvalue weighted by Crippen LogP contribution is -2.37. The first-order valence-corrected chi connectivity index (χ1v) is 5.56. The fourth-order valence-corrected chi connectivity index (χ4v) is 1.62. The Labute approximate surface area is 74.0 Å². The largest absolute Gasteiger partial charge is 0.396 e. The molecule has 0 rings (SSSR count). The Balaban J connectivity index is 4.07. The van der Waals surface area contributed by atoms with Crippen LogP contribution in [0.4, 0.5) is 0 Å². The van der Waals surface area contributed by atoms with Gasteiger partial charge in [0.2, 0.25) is 10.0 Å². The maximum Gasteiger partial charge on any atom is 0.214 e. The molecule has 0 amide bonds. The van der Waals surface area contributed by atoms with E-state index in [1.807, 2.05) is 0 Å². The van der Waals surface area contributed by atoms with E-state index in [4.69, 9.17) is 5.11 Å². The molecular weight excluding hydrogens is 178 g/mol. The molecule has 2 N–H and O–H groups in total. The Morgan fingerprint density at radius 1 is 1.33 bits per heavy atom. The Morgan fingerprint density at radius 2 is 1.83 bits per heavy atom. The Kier molecular flexibility index (Phi) is 4.74. The lowest BCUT2D eigenvalue weighted by Gasteiger charge is -2.14. The lowest BCUT2D eigenvalue weighted by molar-refractivity contribution is 0.275. The van der Waals surface area contributed by atoms with Gasteiger partial charge in [-0.05, 0) is 27.2 Å². The van der Waals surface area contributed by atoms with Crippen LogP contribution in [0.2, 0.25) is 0 Å². The second kappa shape index (κ2) is 4.79. The van der Waals surface area contributed by atoms with Crippen LogP contribution in [-0.2, 0) is 10.0 Å². The van der Waals surface area contributed by atoms with Gasteiger partial charge in [-0.15, -0.1) is 0 Å². The molecule has 1 unspecified atom stereocenters. The summed E-state index contributed by atoms with van der Waals surface area (Å²) in [4.78, 5) is 0. The normalized spacial score (nSPS) is 15.1. The van der Waals surface area contributed by atoms with E-state index in [2.05, 4.69) is 4.72 Å². The third kappa shape index (κ3) is 4.04. The molecular formula is C7H17NO3S. The van der Waals surface area contributed by atoms with Gasteiger partial charge in [-0.2, -0.15) is 0 Å². The van der Waals surface area contributed by atoms with Crippen LogP contribution in [0.3, 0.4) is 0 Å². The van der Waals surface area contributed by atoms with Crippen molar-refractivity contribution in [1.82, 2.24) is 4.72 Å². The summed E-state index contributed by atoms with van der Waals surface area (Å²) in [6.45, 7) is 4.97. The lowest BCUT2D eigenvalue weighted by atomic mass is 10.3. The van der Waals surface area contributed by atoms with E-state index in [1.165, 1.54) is 0 Å². The molecule has 0 spiro atoms. The molecule has 0 aromatic rings. The van der Waals surface area contributed by atoms with Crippen LogP contribution in [0.5, 0.6) is 0 Å². The fraction of sp³-hybridized carbons (Fsp3) is 1.00. The van der Waals surface area contributed by atoms with Gasteiger partial charge < -0.3 is 5.11 Å². The molecule has 0 aliphatic rings. The maximum atomic E-state index is 11.2. The molecule has 74 valence electrons. The average Bonchev–Trinajstić information content (AvgIpc) is 1.85. The minimum Gasteiger partial charge on any atom is -0.396 e. The third-order valence-corrected chi connectivity index (χ3v) is 3.52. The highest BCUT2D eigenvalue weighted by molar-refractivity contribution is 7.90. The van der Waals surface area contributed by atoms with Crippen molar-refractivity contribution in [3.8, 4) is 0 Å². The summed E-state index contributed by atoms with van der Waals surface area (Å²) in [6, 6.07) is -0.192. The zero-order chi connectivity index (χ0) is 9.78. The SMILES string of the molecule is CC(CCO)NS(=O)(=O)C(C)C. The van der Waals surface area contributed by atoms with Crippen LogP contribution in [0.1, 0.15) is 27.2 Å². The van der Waals surface area contributed by atoms with Crippen molar-refractivity contribution in [1.29, 1.82) is 0 Å². The van der Waals surface area contributed by atoms with E-state index in [0.29, 0.717) is 6.42 Å². The molecule has 0 bridgehead atoms. The maximum absolute atomic E-state index is 11.2. The minimum absolute atomic E-state index is 0.00177. The Morgan fingerprint density at radius 3 is 2.17 bits per heavy atom. The molecule has 0 aliphatic heterocycles. The van der Waals surface area contributed by atoms with Crippen molar-refractivity contribution in [2.75, 3.05) is 6.61 Å². The number of hydrogen-bond acceptors (Lipinski definition) is 3. The summed E-state index contributed by atoms with van der Waals surface area (Å²) in [6.07, 6.45) is 0.450. The highest BCUT2D eigenvalue weighted by Crippen LogP contribution is 1.99. The van der Waals surface area contributed by atoms with Gasteiger partial charge in [-0.3, -0.25) is 0 Å². The van der Waals surface area contributed by atoms with Crippen LogP contribution >= 0.6 is 0 Å². The predicted octanol–water partition coefficient (Wildman–Crippen LogP) is 0.0851. The molecule has 0 saturated carbocycles. The summed E-state index contributed by atoms with van der Waals surface area (Å²) in [5.41, 5.74) is 0. The van der Waals surface area contributed by atoms with Gasteiger partial charge >= 0.3 is 0 Å². The van der Waals surface area contributed by atoms with Crippen molar-refractivity contribution >= 4 is 10.0 Å². The average molecular weight is 195 g/mol. The number of sulfonamides is 1. The smallest absolute Gasteiger partial charge is 0.214 e. The number of rotatable bonds is 5. The number of aliphatic hydroxyl groups excluding tert-OH is 1. The Bertz CT molecular complexity index is 211. The zero-order valence-corrected chi connectivity index (χ0v) is 8.56. The van der Waals surface area contributed by atoms with Crippen molar-refractivity contribution in [2.45, 2.75) is 38.5 Å². The van der Waals surface area contributed by atoms with Crippen LogP contribution in [0, 0.1) is 0 Å². The quantitative estimate of drug-likeness (QED) is 0.653. The molecule has 0 saturated heterocycles. The highest BCUT2D eigenvalue weighted by atomic mass is 32.2. The van der Waals surface area contributed by atoms with E-state index in [0.717, 1.165) is 0 Å². The second-order valence-corrected chi connectivity index (χ2v) is 5.39. The highest BCUT2D eigenvalue weighted by Gasteiger charge is 2.17. The topological polar surface area (TPSA) is 66.4 Å².